The molecule has 0 radical (unpaired) electrons. The van der Waals surface area contributed by atoms with Gasteiger partial charge in [-0.15, -0.1) is 0 Å². The molecule has 0 aliphatic carbocycles. The summed E-state index contributed by atoms with van der Waals surface area (Å²) in [6, 6.07) is 8.09. The topological polar surface area (TPSA) is 100 Å². The maximum absolute atomic E-state index is 12.6. The van der Waals surface area contributed by atoms with Crippen molar-refractivity contribution in [3.8, 4) is 0 Å². The third kappa shape index (κ3) is 3.05. The van der Waals surface area contributed by atoms with Gasteiger partial charge in [0.05, 0.1) is 0 Å². The number of hydrogen-bond donors (Lipinski definition) is 2. The van der Waals surface area contributed by atoms with Gasteiger partial charge in [-0.1, -0.05) is 0 Å². The molecular weight excluding hydrogens is 401 g/mol. The van der Waals surface area contributed by atoms with Gasteiger partial charge in [-0.2, -0.15) is 0 Å². The molecule has 2 aromatic heterocycles. The number of benzene rings is 1. The van der Waals surface area contributed by atoms with Crippen LogP contribution in [0.1, 0.15) is 29.2 Å². The number of piperidine rings is 1. The van der Waals surface area contributed by atoms with Crippen molar-refractivity contribution in [2.75, 3.05) is 18.0 Å². The van der Waals surface area contributed by atoms with E-state index >= 15 is 0 Å². The first-order valence-electron chi connectivity index (χ1n) is 8.29. The van der Waals surface area contributed by atoms with Crippen molar-refractivity contribution in [3.05, 3.63) is 52.6 Å². The van der Waals surface area contributed by atoms with E-state index in [1.807, 2.05) is 27.8 Å². The zero-order valence-electron chi connectivity index (χ0n) is 13.8. The number of carbonyl (C=O) groups is 1. The Balaban J connectivity index is 1.47. The first kappa shape index (κ1) is 17.0. The van der Waals surface area contributed by atoms with Crippen LogP contribution in [0.3, 0.4) is 0 Å². The molecule has 8 nitrogen and oxygen atoms in total. The molecule has 0 saturated carbocycles. The molecule has 1 aliphatic heterocycles. The summed E-state index contributed by atoms with van der Waals surface area (Å²) in [4.78, 5) is 34.4. The molecule has 9 heteroatoms. The van der Waals surface area contributed by atoms with Crippen LogP contribution < -0.4 is 15.9 Å². The summed E-state index contributed by atoms with van der Waals surface area (Å²) in [6.07, 6.45) is 4.51. The van der Waals surface area contributed by atoms with Gasteiger partial charge in [0.15, 0.2) is 0 Å². The molecule has 3 heterocycles. The molecule has 0 atom stereocenters. The van der Waals surface area contributed by atoms with E-state index < -0.39 is 5.91 Å². The zero-order chi connectivity index (χ0) is 18.1. The van der Waals surface area contributed by atoms with Crippen LogP contribution in [0.15, 0.2) is 41.5 Å². The van der Waals surface area contributed by atoms with Crippen LogP contribution in [0.25, 0.3) is 9.65 Å². The van der Waals surface area contributed by atoms with E-state index in [1.54, 1.807) is 5.48 Å². The number of nitrogens with zero attached hydrogens (tertiary/aromatic N) is 4. The standard InChI is InChI=1S/C17H17N5O3Se/c23-15(20-25)11-9-18-17(19-10-11)21-7-5-12(6-8-21)22-16(24)13-3-1-2-4-14(13)26-22/h1-4,9-10,12,25H,5-8H2,(H,20,23). The van der Waals surface area contributed by atoms with Gasteiger partial charge in [0.2, 0.25) is 0 Å². The number of amides is 1. The van der Waals surface area contributed by atoms with Crippen molar-refractivity contribution < 1.29 is 10.0 Å². The number of anilines is 1. The Hall–Kier alpha value is -2.48. The molecule has 1 aliphatic rings. The monoisotopic (exact) mass is 419 g/mol. The predicted molar refractivity (Wildman–Crippen MR) is 96.9 cm³/mol. The third-order valence-electron chi connectivity index (χ3n) is 4.60. The normalized spacial score (nSPS) is 15.3. The van der Waals surface area contributed by atoms with Gasteiger partial charge in [-0.05, 0) is 0 Å². The molecule has 4 rings (SSSR count). The Labute approximate surface area is 155 Å². The Morgan fingerprint density at radius 2 is 1.88 bits per heavy atom. The van der Waals surface area contributed by atoms with Crippen LogP contribution in [-0.2, 0) is 0 Å². The average Bonchev–Trinajstić information content (AvgIpc) is 3.04. The van der Waals surface area contributed by atoms with Gasteiger partial charge in [-0.3, -0.25) is 0 Å². The van der Waals surface area contributed by atoms with Crippen LogP contribution in [0.4, 0.5) is 5.95 Å². The minimum atomic E-state index is -0.635. The number of nitrogens with one attached hydrogen (secondary N) is 1. The van der Waals surface area contributed by atoms with Gasteiger partial charge >= 0.3 is 155 Å². The second-order valence-corrected chi connectivity index (χ2v) is 8.28. The summed E-state index contributed by atoms with van der Waals surface area (Å²) in [5.41, 5.74) is 1.91. The van der Waals surface area contributed by atoms with Crippen molar-refractivity contribution in [1.29, 1.82) is 0 Å². The van der Waals surface area contributed by atoms with Crippen LogP contribution in [-0.4, -0.2) is 52.5 Å². The number of hydroxylamine groups is 1. The summed E-state index contributed by atoms with van der Waals surface area (Å²) >= 11 is 0.0519. The molecule has 0 spiro atoms. The number of hydrogen-bond acceptors (Lipinski definition) is 6. The van der Waals surface area contributed by atoms with E-state index in [9.17, 15) is 9.59 Å². The van der Waals surface area contributed by atoms with Crippen molar-refractivity contribution >= 4 is 36.2 Å². The molecule has 1 fully saturated rings. The molecule has 1 aromatic carbocycles. The Morgan fingerprint density at radius 1 is 1.19 bits per heavy atom. The second-order valence-electron chi connectivity index (χ2n) is 6.15. The summed E-state index contributed by atoms with van der Waals surface area (Å²) < 4.78 is 3.19. The molecule has 1 amide bonds. The van der Waals surface area contributed by atoms with Crippen LogP contribution in [0.2, 0.25) is 0 Å². The van der Waals surface area contributed by atoms with Gasteiger partial charge in [0.25, 0.3) is 0 Å². The van der Waals surface area contributed by atoms with Crippen LogP contribution >= 0.6 is 0 Å². The van der Waals surface area contributed by atoms with E-state index in [0.717, 1.165) is 35.6 Å². The fraction of sp³-hybridized carbons (Fsp3) is 0.294. The third-order valence-corrected chi connectivity index (χ3v) is 7.14. The van der Waals surface area contributed by atoms with E-state index in [-0.39, 0.29) is 31.9 Å². The van der Waals surface area contributed by atoms with E-state index in [1.165, 1.54) is 12.4 Å². The summed E-state index contributed by atoms with van der Waals surface area (Å²) in [6.45, 7) is 1.51. The van der Waals surface area contributed by atoms with E-state index in [0.29, 0.717) is 5.95 Å². The quantitative estimate of drug-likeness (QED) is 0.371. The fourth-order valence-corrected chi connectivity index (χ4v) is 5.60. The summed E-state index contributed by atoms with van der Waals surface area (Å²) in [5, 5.41) is 9.47. The predicted octanol–water partition coefficient (Wildman–Crippen LogP) is 0.809. The molecular formula is C17H17N5O3Se. The Kier molecular flexibility index (Phi) is 4.58. The van der Waals surface area contributed by atoms with Crippen molar-refractivity contribution in [1.82, 2.24) is 19.0 Å². The van der Waals surface area contributed by atoms with Crippen LogP contribution in [0, 0.1) is 0 Å². The fourth-order valence-electron chi connectivity index (χ4n) is 3.20. The number of fused-ring (bicyclic) bond motifs is 1. The van der Waals surface area contributed by atoms with E-state index in [2.05, 4.69) is 14.9 Å². The van der Waals surface area contributed by atoms with Gasteiger partial charge in [0, 0.05) is 0 Å². The van der Waals surface area contributed by atoms with Crippen molar-refractivity contribution in [2.45, 2.75) is 18.9 Å². The van der Waals surface area contributed by atoms with Gasteiger partial charge in [0.1, 0.15) is 0 Å². The molecule has 1 saturated heterocycles. The van der Waals surface area contributed by atoms with Gasteiger partial charge in [-0.25, -0.2) is 0 Å². The Bertz CT molecular complexity index is 990. The maximum atomic E-state index is 12.6. The minimum absolute atomic E-state index is 0.0519. The molecule has 0 unspecified atom stereocenters. The summed E-state index contributed by atoms with van der Waals surface area (Å²) in [7, 11) is 0. The van der Waals surface area contributed by atoms with E-state index in [4.69, 9.17) is 5.21 Å². The number of carbonyl (C=O) groups excluding carboxylic acids is 1. The first-order valence-corrected chi connectivity index (χ1v) is 9.91. The molecule has 2 N–H and O–H groups in total. The molecule has 134 valence electrons. The molecule has 3 aromatic rings. The average molecular weight is 418 g/mol. The number of rotatable bonds is 3. The summed E-state index contributed by atoms with van der Waals surface area (Å²) in [5.74, 6) is -0.0795. The van der Waals surface area contributed by atoms with Crippen molar-refractivity contribution in [3.63, 3.8) is 0 Å². The SMILES string of the molecule is O=C(NO)c1cnc(N2CCC(n3[se]c4ccccc4c3=O)CC2)nc1. The Morgan fingerprint density at radius 3 is 2.54 bits per heavy atom. The second kappa shape index (κ2) is 7.03. The van der Waals surface area contributed by atoms with Gasteiger partial charge < -0.3 is 0 Å². The number of aromatic nitrogens is 3. The van der Waals surface area contributed by atoms with Crippen LogP contribution in [0.5, 0.6) is 0 Å². The molecule has 0 bridgehead atoms. The van der Waals surface area contributed by atoms with Crippen molar-refractivity contribution in [2.24, 2.45) is 0 Å². The zero-order valence-corrected chi connectivity index (χ0v) is 15.5. The first-order chi connectivity index (χ1) is 12.7. The molecule has 26 heavy (non-hydrogen) atoms.